The molecule has 0 radical (unpaired) electrons. The van der Waals surface area contributed by atoms with Crippen LogP contribution in [0.5, 0.6) is 0 Å². The summed E-state index contributed by atoms with van der Waals surface area (Å²) >= 11 is 0. The van der Waals surface area contributed by atoms with Crippen LogP contribution in [0.1, 0.15) is 11.1 Å². The van der Waals surface area contributed by atoms with E-state index in [4.69, 9.17) is 0 Å². The van der Waals surface area contributed by atoms with Gasteiger partial charge in [0.25, 0.3) is 0 Å². The van der Waals surface area contributed by atoms with Crippen LogP contribution in [-0.4, -0.2) is 41.2 Å². The third kappa shape index (κ3) is 5.23. The van der Waals surface area contributed by atoms with Gasteiger partial charge in [-0.15, -0.1) is 0 Å². The predicted octanol–water partition coefficient (Wildman–Crippen LogP) is 2.14. The minimum Gasteiger partial charge on any atom is -0.378 e. The summed E-state index contributed by atoms with van der Waals surface area (Å²) in [5, 5.41) is 2.78. The molecule has 0 aliphatic rings. The number of aryl methyl sites for hydroxylation is 1. The molecule has 1 amide bonds. The lowest BCUT2D eigenvalue weighted by molar-refractivity contribution is -0.119. The Bertz CT molecular complexity index is 862. The molecule has 2 aromatic carbocycles. The highest BCUT2D eigenvalue weighted by Crippen LogP contribution is 2.21. The van der Waals surface area contributed by atoms with Crippen LogP contribution in [0.4, 0.5) is 11.4 Å². The average Bonchev–Trinajstić information content (AvgIpc) is 2.58. The van der Waals surface area contributed by atoms with Crippen molar-refractivity contribution in [3.63, 3.8) is 0 Å². The monoisotopic (exact) mass is 375 g/mol. The third-order valence-electron chi connectivity index (χ3n) is 4.01. The summed E-state index contributed by atoms with van der Waals surface area (Å²) in [6.45, 7) is 1.91. The van der Waals surface area contributed by atoms with E-state index in [9.17, 15) is 13.2 Å². The first-order valence-corrected chi connectivity index (χ1v) is 10.1. The van der Waals surface area contributed by atoms with Gasteiger partial charge in [-0.25, -0.2) is 8.42 Å². The Balaban J connectivity index is 2.05. The summed E-state index contributed by atoms with van der Waals surface area (Å²) in [6, 6.07) is 14.9. The Morgan fingerprint density at radius 3 is 2.19 bits per heavy atom. The summed E-state index contributed by atoms with van der Waals surface area (Å²) in [4.78, 5) is 14.3. The average molecular weight is 375 g/mol. The summed E-state index contributed by atoms with van der Waals surface area (Å²) in [6.07, 6.45) is 1.10. The molecule has 0 aromatic heterocycles. The largest absolute Gasteiger partial charge is 0.378 e. The van der Waals surface area contributed by atoms with Crippen molar-refractivity contribution < 1.29 is 13.2 Å². The maximum atomic E-state index is 12.3. The van der Waals surface area contributed by atoms with E-state index >= 15 is 0 Å². The minimum atomic E-state index is -3.57. The maximum Gasteiger partial charge on any atom is 0.241 e. The molecule has 0 heterocycles. The van der Waals surface area contributed by atoms with Gasteiger partial charge in [0.2, 0.25) is 15.9 Å². The van der Waals surface area contributed by atoms with Crippen LogP contribution in [0.25, 0.3) is 0 Å². The lowest BCUT2D eigenvalue weighted by Crippen LogP contribution is -2.40. The van der Waals surface area contributed by atoms with Crippen LogP contribution in [0.3, 0.4) is 0 Å². The first-order chi connectivity index (χ1) is 12.2. The van der Waals surface area contributed by atoms with Crippen molar-refractivity contribution in [3.8, 4) is 0 Å². The van der Waals surface area contributed by atoms with E-state index in [0.29, 0.717) is 12.2 Å². The van der Waals surface area contributed by atoms with Crippen molar-refractivity contribution in [1.82, 2.24) is 5.32 Å². The molecule has 1 N–H and O–H groups in total. The predicted molar refractivity (Wildman–Crippen MR) is 106 cm³/mol. The Hall–Kier alpha value is -2.54. The number of benzene rings is 2. The molecule has 0 saturated carbocycles. The van der Waals surface area contributed by atoms with E-state index < -0.39 is 10.0 Å². The highest BCUT2D eigenvalue weighted by molar-refractivity contribution is 7.92. The smallest absolute Gasteiger partial charge is 0.241 e. The molecular weight excluding hydrogens is 350 g/mol. The van der Waals surface area contributed by atoms with Crippen LogP contribution in [0.15, 0.2) is 48.5 Å². The number of carbonyl (C=O) groups excluding carboxylic acids is 1. The Kier molecular flexibility index (Phi) is 6.26. The lowest BCUT2D eigenvalue weighted by atomic mass is 10.2. The first kappa shape index (κ1) is 19.8. The molecule has 2 aromatic rings. The second kappa shape index (κ2) is 8.23. The van der Waals surface area contributed by atoms with Gasteiger partial charge in [-0.3, -0.25) is 9.10 Å². The molecule has 2 rings (SSSR count). The highest BCUT2D eigenvalue weighted by atomic mass is 32.2. The minimum absolute atomic E-state index is 0.251. The lowest BCUT2D eigenvalue weighted by Gasteiger charge is -2.23. The fourth-order valence-electron chi connectivity index (χ4n) is 2.52. The molecular formula is C19H25N3O3S. The number of amides is 1. The van der Waals surface area contributed by atoms with Gasteiger partial charge in [-0.05, 0) is 36.2 Å². The van der Waals surface area contributed by atoms with Crippen molar-refractivity contribution in [2.45, 2.75) is 13.5 Å². The quantitative estimate of drug-likeness (QED) is 0.805. The van der Waals surface area contributed by atoms with E-state index in [1.807, 2.05) is 62.3 Å². The van der Waals surface area contributed by atoms with Crippen molar-refractivity contribution in [1.29, 1.82) is 0 Å². The van der Waals surface area contributed by atoms with Gasteiger partial charge in [0.15, 0.2) is 0 Å². The number of anilines is 2. The topological polar surface area (TPSA) is 69.7 Å². The Morgan fingerprint density at radius 1 is 1.04 bits per heavy atom. The number of para-hydroxylation sites is 1. The van der Waals surface area contributed by atoms with Crippen molar-refractivity contribution >= 4 is 27.3 Å². The van der Waals surface area contributed by atoms with E-state index in [1.165, 1.54) is 0 Å². The maximum absolute atomic E-state index is 12.3. The van der Waals surface area contributed by atoms with Gasteiger partial charge in [-0.1, -0.05) is 30.3 Å². The number of rotatable bonds is 7. The Labute approximate surface area is 155 Å². The summed E-state index contributed by atoms with van der Waals surface area (Å²) in [7, 11) is 0.354. The summed E-state index contributed by atoms with van der Waals surface area (Å²) in [5.74, 6) is -0.352. The van der Waals surface area contributed by atoms with Gasteiger partial charge >= 0.3 is 0 Å². The highest BCUT2D eigenvalue weighted by Gasteiger charge is 2.21. The van der Waals surface area contributed by atoms with Crippen molar-refractivity contribution in [2.24, 2.45) is 0 Å². The number of carbonyl (C=O) groups is 1. The molecule has 26 heavy (non-hydrogen) atoms. The van der Waals surface area contributed by atoms with Crippen LogP contribution in [-0.2, 0) is 21.4 Å². The molecule has 0 aliphatic carbocycles. The number of hydrogen-bond donors (Lipinski definition) is 1. The summed E-state index contributed by atoms with van der Waals surface area (Å²) in [5.41, 5.74) is 3.33. The molecule has 0 bridgehead atoms. The van der Waals surface area contributed by atoms with Gasteiger partial charge in [0.05, 0.1) is 11.9 Å². The molecule has 6 nitrogen and oxygen atoms in total. The van der Waals surface area contributed by atoms with Crippen LogP contribution in [0, 0.1) is 6.92 Å². The molecule has 0 spiro atoms. The molecule has 140 valence electrons. The Morgan fingerprint density at radius 2 is 1.65 bits per heavy atom. The molecule has 0 unspecified atom stereocenters. The van der Waals surface area contributed by atoms with Gasteiger partial charge in [-0.2, -0.15) is 0 Å². The SMILES string of the molecule is Cc1ccccc1N(CC(=O)NCc1ccc(N(C)C)cc1)S(C)(=O)=O. The molecule has 0 aliphatic heterocycles. The number of hydrogen-bond acceptors (Lipinski definition) is 4. The second-order valence-corrected chi connectivity index (χ2v) is 8.30. The molecule has 7 heteroatoms. The number of nitrogens with zero attached hydrogens (tertiary/aromatic N) is 2. The van der Waals surface area contributed by atoms with Crippen LogP contribution >= 0.6 is 0 Å². The fourth-order valence-corrected chi connectivity index (χ4v) is 3.44. The van der Waals surface area contributed by atoms with Crippen LogP contribution < -0.4 is 14.5 Å². The van der Waals surface area contributed by atoms with E-state index in [-0.39, 0.29) is 12.5 Å². The zero-order chi connectivity index (χ0) is 19.3. The molecule has 0 saturated heterocycles. The second-order valence-electron chi connectivity index (χ2n) is 6.39. The van der Waals surface area contributed by atoms with Gasteiger partial charge in [0.1, 0.15) is 6.54 Å². The standard InChI is InChI=1S/C19H25N3O3S/c1-15-7-5-6-8-18(15)22(26(4,24)25)14-19(23)20-13-16-9-11-17(12-10-16)21(2)3/h5-12H,13-14H2,1-4H3,(H,20,23). The molecule has 0 atom stereocenters. The zero-order valence-electron chi connectivity index (χ0n) is 15.6. The van der Waals surface area contributed by atoms with Crippen molar-refractivity contribution in [3.05, 3.63) is 59.7 Å². The number of sulfonamides is 1. The van der Waals surface area contributed by atoms with Crippen LogP contribution in [0.2, 0.25) is 0 Å². The van der Waals surface area contributed by atoms with E-state index in [1.54, 1.807) is 12.1 Å². The summed E-state index contributed by atoms with van der Waals surface area (Å²) < 4.78 is 25.4. The molecule has 0 fully saturated rings. The normalized spacial score (nSPS) is 11.1. The van der Waals surface area contributed by atoms with E-state index in [0.717, 1.165) is 27.4 Å². The zero-order valence-corrected chi connectivity index (χ0v) is 16.4. The van der Waals surface area contributed by atoms with Crippen molar-refractivity contribution in [2.75, 3.05) is 36.1 Å². The van der Waals surface area contributed by atoms with Gasteiger partial charge in [0, 0.05) is 26.3 Å². The third-order valence-corrected chi connectivity index (χ3v) is 5.14. The van der Waals surface area contributed by atoms with Gasteiger partial charge < -0.3 is 10.2 Å². The number of nitrogens with one attached hydrogen (secondary N) is 1. The fraction of sp³-hybridized carbons (Fsp3) is 0.316. The first-order valence-electron chi connectivity index (χ1n) is 8.25. The van der Waals surface area contributed by atoms with E-state index in [2.05, 4.69) is 5.32 Å².